The van der Waals surface area contributed by atoms with E-state index in [-0.39, 0.29) is 16.9 Å². The van der Waals surface area contributed by atoms with Crippen LogP contribution in [0.5, 0.6) is 0 Å². The number of nitrogens with zero attached hydrogens (tertiary/aromatic N) is 1. The molecule has 0 aliphatic heterocycles. The van der Waals surface area contributed by atoms with Gasteiger partial charge in [-0.15, -0.1) is 0 Å². The molecule has 1 fully saturated rings. The normalized spacial score (nSPS) is 17.6. The van der Waals surface area contributed by atoms with Crippen LogP contribution < -0.4 is 4.72 Å². The van der Waals surface area contributed by atoms with Crippen molar-refractivity contribution in [3.8, 4) is 0 Å². The molecule has 0 aromatic carbocycles. The Morgan fingerprint density at radius 1 is 1.42 bits per heavy atom. The highest BCUT2D eigenvalue weighted by atomic mass is 32.2. The van der Waals surface area contributed by atoms with E-state index < -0.39 is 10.0 Å². The first-order valence-electron chi connectivity index (χ1n) is 6.76. The van der Waals surface area contributed by atoms with Crippen LogP contribution in [0.3, 0.4) is 0 Å². The molecule has 2 rings (SSSR count). The molecule has 0 bridgehead atoms. The molecule has 0 amide bonds. The second-order valence-electron chi connectivity index (χ2n) is 5.29. The van der Waals surface area contributed by atoms with E-state index in [1.54, 1.807) is 10.8 Å². The molecule has 1 aliphatic carbocycles. The van der Waals surface area contributed by atoms with Crippen molar-refractivity contribution in [2.24, 2.45) is 5.41 Å². The molecule has 108 valence electrons. The number of rotatable bonds is 7. The minimum absolute atomic E-state index is 0.151. The quantitative estimate of drug-likeness (QED) is 0.797. The highest BCUT2D eigenvalue weighted by molar-refractivity contribution is 7.89. The molecule has 0 atom stereocenters. The van der Waals surface area contributed by atoms with Gasteiger partial charge in [0.25, 0.3) is 0 Å². The molecular formula is C13H22N2O3S. The summed E-state index contributed by atoms with van der Waals surface area (Å²) in [5, 5.41) is 9.20. The van der Waals surface area contributed by atoms with Crippen molar-refractivity contribution in [1.82, 2.24) is 9.29 Å². The van der Waals surface area contributed by atoms with E-state index in [1.165, 1.54) is 6.07 Å². The van der Waals surface area contributed by atoms with Crippen molar-refractivity contribution in [2.45, 2.75) is 51.2 Å². The number of aryl methyl sites for hydroxylation is 1. The zero-order chi connectivity index (χ0) is 14.1. The minimum Gasteiger partial charge on any atom is -0.390 e. The zero-order valence-electron chi connectivity index (χ0n) is 11.5. The second kappa shape index (κ2) is 5.26. The van der Waals surface area contributed by atoms with Crippen molar-refractivity contribution in [2.75, 3.05) is 6.54 Å². The first kappa shape index (κ1) is 14.6. The van der Waals surface area contributed by atoms with Gasteiger partial charge < -0.3 is 9.67 Å². The predicted octanol–water partition coefficient (Wildman–Crippen LogP) is 1.47. The van der Waals surface area contributed by atoms with Gasteiger partial charge in [0.1, 0.15) is 0 Å². The minimum atomic E-state index is -3.47. The Bertz CT molecular complexity index is 523. The van der Waals surface area contributed by atoms with Crippen molar-refractivity contribution in [3.05, 3.63) is 18.0 Å². The molecule has 6 heteroatoms. The standard InChI is InChI=1S/C13H22N2O3S/c1-3-13(5-6-13)10-14-19(17,18)12-7-11(9-16)15(4-2)8-12/h7-8,14,16H,3-6,9-10H2,1-2H3. The van der Waals surface area contributed by atoms with Gasteiger partial charge in [-0.25, -0.2) is 13.1 Å². The molecule has 1 aromatic rings. The van der Waals surface area contributed by atoms with E-state index >= 15 is 0 Å². The number of nitrogens with one attached hydrogen (secondary N) is 1. The van der Waals surface area contributed by atoms with Gasteiger partial charge in [-0.3, -0.25) is 0 Å². The number of sulfonamides is 1. The van der Waals surface area contributed by atoms with E-state index in [0.29, 0.717) is 18.8 Å². The third kappa shape index (κ3) is 3.01. The Balaban J connectivity index is 2.13. The molecule has 0 radical (unpaired) electrons. The van der Waals surface area contributed by atoms with E-state index in [2.05, 4.69) is 11.6 Å². The lowest BCUT2D eigenvalue weighted by Crippen LogP contribution is -2.29. The van der Waals surface area contributed by atoms with Gasteiger partial charge in [-0.2, -0.15) is 0 Å². The fourth-order valence-electron chi connectivity index (χ4n) is 2.26. The summed E-state index contributed by atoms with van der Waals surface area (Å²) in [5.41, 5.74) is 0.805. The number of hydrogen-bond donors (Lipinski definition) is 2. The largest absolute Gasteiger partial charge is 0.390 e. The van der Waals surface area contributed by atoms with Gasteiger partial charge in [0.2, 0.25) is 10.0 Å². The van der Waals surface area contributed by atoms with E-state index in [4.69, 9.17) is 0 Å². The molecule has 2 N–H and O–H groups in total. The van der Waals surface area contributed by atoms with E-state index in [0.717, 1.165) is 19.3 Å². The van der Waals surface area contributed by atoms with Crippen LogP contribution >= 0.6 is 0 Å². The molecule has 1 saturated carbocycles. The molecule has 1 heterocycles. The van der Waals surface area contributed by atoms with Crippen molar-refractivity contribution < 1.29 is 13.5 Å². The number of hydrogen-bond acceptors (Lipinski definition) is 3. The summed E-state index contributed by atoms with van der Waals surface area (Å²) in [6.45, 7) is 5.02. The van der Waals surface area contributed by atoms with Crippen molar-refractivity contribution >= 4 is 10.0 Å². The molecular weight excluding hydrogens is 264 g/mol. The van der Waals surface area contributed by atoms with Gasteiger partial charge >= 0.3 is 0 Å². The van der Waals surface area contributed by atoms with Crippen LogP contribution in [0, 0.1) is 5.41 Å². The SMILES string of the molecule is CCn1cc(S(=O)(=O)NCC2(CC)CC2)cc1CO. The summed E-state index contributed by atoms with van der Waals surface area (Å²) in [7, 11) is -3.47. The second-order valence-corrected chi connectivity index (χ2v) is 7.06. The Labute approximate surface area is 114 Å². The zero-order valence-corrected chi connectivity index (χ0v) is 12.3. The molecule has 1 aliphatic rings. The van der Waals surface area contributed by atoms with Crippen LogP contribution in [0.2, 0.25) is 0 Å². The van der Waals surface area contributed by atoms with E-state index in [9.17, 15) is 13.5 Å². The highest BCUT2D eigenvalue weighted by Gasteiger charge is 2.41. The summed E-state index contributed by atoms with van der Waals surface area (Å²) in [4.78, 5) is 0.241. The Morgan fingerprint density at radius 3 is 2.53 bits per heavy atom. The monoisotopic (exact) mass is 286 g/mol. The third-order valence-electron chi connectivity index (χ3n) is 4.12. The fourth-order valence-corrected chi connectivity index (χ4v) is 3.48. The summed E-state index contributed by atoms with van der Waals surface area (Å²) in [6.07, 6.45) is 4.79. The van der Waals surface area contributed by atoms with Crippen molar-refractivity contribution in [1.29, 1.82) is 0 Å². The molecule has 1 aromatic heterocycles. The van der Waals surface area contributed by atoms with Gasteiger partial charge in [0.05, 0.1) is 11.5 Å². The van der Waals surface area contributed by atoms with Gasteiger partial charge in [-0.1, -0.05) is 6.92 Å². The average molecular weight is 286 g/mol. The van der Waals surface area contributed by atoms with Gasteiger partial charge in [0, 0.05) is 25.0 Å². The average Bonchev–Trinajstić information content (AvgIpc) is 3.06. The topological polar surface area (TPSA) is 71.3 Å². The summed E-state index contributed by atoms with van der Waals surface area (Å²) >= 11 is 0. The summed E-state index contributed by atoms with van der Waals surface area (Å²) in [5.74, 6) is 0. The third-order valence-corrected chi connectivity index (χ3v) is 5.49. The Kier molecular flexibility index (Phi) is 4.03. The van der Waals surface area contributed by atoms with Gasteiger partial charge in [-0.05, 0) is 37.7 Å². The maximum absolute atomic E-state index is 12.2. The van der Waals surface area contributed by atoms with Crippen LogP contribution in [-0.4, -0.2) is 24.6 Å². The van der Waals surface area contributed by atoms with E-state index in [1.807, 2.05) is 6.92 Å². The molecule has 0 spiro atoms. The molecule has 19 heavy (non-hydrogen) atoms. The lowest BCUT2D eigenvalue weighted by molar-refractivity contribution is 0.271. The molecule has 0 unspecified atom stereocenters. The predicted molar refractivity (Wildman–Crippen MR) is 73.2 cm³/mol. The molecule has 0 saturated heterocycles. The Hall–Kier alpha value is -0.850. The van der Waals surface area contributed by atoms with Crippen LogP contribution in [0.25, 0.3) is 0 Å². The highest BCUT2D eigenvalue weighted by Crippen LogP contribution is 2.48. The summed E-state index contributed by atoms with van der Waals surface area (Å²) < 4.78 is 28.9. The number of aliphatic hydroxyl groups excluding tert-OH is 1. The van der Waals surface area contributed by atoms with Crippen molar-refractivity contribution in [3.63, 3.8) is 0 Å². The number of aromatic nitrogens is 1. The first-order chi connectivity index (χ1) is 8.96. The first-order valence-corrected chi connectivity index (χ1v) is 8.24. The number of aliphatic hydroxyl groups is 1. The lowest BCUT2D eigenvalue weighted by atomic mass is 10.1. The Morgan fingerprint density at radius 2 is 2.11 bits per heavy atom. The summed E-state index contributed by atoms with van der Waals surface area (Å²) in [6, 6.07) is 1.54. The van der Waals surface area contributed by atoms with Crippen LogP contribution in [-0.2, 0) is 23.2 Å². The van der Waals surface area contributed by atoms with Crippen LogP contribution in [0.15, 0.2) is 17.2 Å². The smallest absolute Gasteiger partial charge is 0.242 e. The maximum Gasteiger partial charge on any atom is 0.242 e. The molecule has 5 nitrogen and oxygen atoms in total. The van der Waals surface area contributed by atoms with Crippen LogP contribution in [0.4, 0.5) is 0 Å². The van der Waals surface area contributed by atoms with Gasteiger partial charge in [0.15, 0.2) is 0 Å². The van der Waals surface area contributed by atoms with Crippen LogP contribution in [0.1, 0.15) is 38.8 Å². The fraction of sp³-hybridized carbons (Fsp3) is 0.692. The maximum atomic E-state index is 12.2. The lowest BCUT2D eigenvalue weighted by Gasteiger charge is -2.12.